The third kappa shape index (κ3) is 4.19. The van der Waals surface area contributed by atoms with Crippen LogP contribution in [0.3, 0.4) is 0 Å². The Morgan fingerprint density at radius 3 is 2.17 bits per heavy atom. The smallest absolute Gasteiger partial charge is 0.231 e. The zero-order valence-corrected chi connectivity index (χ0v) is 13.7. The minimum atomic E-state index is -0.171. The molecule has 0 aromatic heterocycles. The minimum absolute atomic E-state index is 0.0219. The van der Waals surface area contributed by atoms with Crippen molar-refractivity contribution in [3.63, 3.8) is 0 Å². The molecular weight excluding hydrogens is 288 g/mol. The van der Waals surface area contributed by atoms with Gasteiger partial charge in [0.15, 0.2) is 0 Å². The van der Waals surface area contributed by atoms with Crippen molar-refractivity contribution in [2.75, 3.05) is 17.3 Å². The van der Waals surface area contributed by atoms with Crippen molar-refractivity contribution in [3.8, 4) is 0 Å². The van der Waals surface area contributed by atoms with Gasteiger partial charge in [-0.1, -0.05) is 37.3 Å². The molecule has 0 bridgehead atoms. The number of carbonyl (C=O) groups is 2. The van der Waals surface area contributed by atoms with Crippen molar-refractivity contribution in [2.45, 2.75) is 26.2 Å². The predicted octanol–water partition coefficient (Wildman–Crippen LogP) is 3.80. The summed E-state index contributed by atoms with van der Waals surface area (Å²) in [4.78, 5) is 25.4. The predicted molar refractivity (Wildman–Crippen MR) is 93.6 cm³/mol. The van der Waals surface area contributed by atoms with Crippen LogP contribution >= 0.6 is 0 Å². The Balaban J connectivity index is 2.09. The van der Waals surface area contributed by atoms with Crippen LogP contribution in [0.4, 0.5) is 11.4 Å². The molecule has 4 nitrogen and oxygen atoms in total. The zero-order valence-electron chi connectivity index (χ0n) is 13.7. The lowest BCUT2D eigenvalue weighted by molar-refractivity contribution is -0.118. The Morgan fingerprint density at radius 1 is 1.04 bits per heavy atom. The molecule has 0 saturated carbocycles. The van der Waals surface area contributed by atoms with Gasteiger partial charge in [-0.05, 0) is 36.2 Å². The molecule has 2 amide bonds. The monoisotopic (exact) mass is 310 g/mol. The van der Waals surface area contributed by atoms with Crippen molar-refractivity contribution < 1.29 is 9.59 Å². The van der Waals surface area contributed by atoms with Crippen molar-refractivity contribution in [3.05, 3.63) is 60.2 Å². The van der Waals surface area contributed by atoms with Gasteiger partial charge in [-0.3, -0.25) is 9.59 Å². The van der Waals surface area contributed by atoms with E-state index in [9.17, 15) is 9.59 Å². The van der Waals surface area contributed by atoms with E-state index in [1.54, 1.807) is 11.9 Å². The number of nitrogens with zero attached hydrogens (tertiary/aromatic N) is 1. The molecule has 4 heteroatoms. The van der Waals surface area contributed by atoms with E-state index >= 15 is 0 Å². The van der Waals surface area contributed by atoms with Crippen LogP contribution < -0.4 is 10.2 Å². The summed E-state index contributed by atoms with van der Waals surface area (Å²) in [5.74, 6) is -0.223. The summed E-state index contributed by atoms with van der Waals surface area (Å²) in [5, 5.41) is 2.94. The maximum Gasteiger partial charge on any atom is 0.231 e. The first-order valence-corrected chi connectivity index (χ1v) is 7.73. The quantitative estimate of drug-likeness (QED) is 0.913. The molecule has 0 unspecified atom stereocenters. The molecule has 0 aliphatic carbocycles. The molecule has 23 heavy (non-hydrogen) atoms. The van der Waals surface area contributed by atoms with Gasteiger partial charge in [0.05, 0.1) is 5.92 Å². The summed E-state index contributed by atoms with van der Waals surface area (Å²) in [7, 11) is 1.72. The van der Waals surface area contributed by atoms with Crippen LogP contribution in [0.2, 0.25) is 0 Å². The van der Waals surface area contributed by atoms with Crippen LogP contribution in [-0.4, -0.2) is 18.9 Å². The minimum Gasteiger partial charge on any atom is -0.326 e. The van der Waals surface area contributed by atoms with E-state index in [4.69, 9.17) is 0 Å². The number of benzene rings is 2. The average molecular weight is 310 g/mol. The molecule has 1 atom stereocenters. The van der Waals surface area contributed by atoms with Crippen LogP contribution in [0.1, 0.15) is 31.7 Å². The van der Waals surface area contributed by atoms with Crippen LogP contribution in [0.25, 0.3) is 0 Å². The Bertz CT molecular complexity index is 666. The van der Waals surface area contributed by atoms with Crippen LogP contribution in [0.15, 0.2) is 54.6 Å². The third-order valence-electron chi connectivity index (χ3n) is 3.92. The summed E-state index contributed by atoms with van der Waals surface area (Å²) >= 11 is 0. The highest BCUT2D eigenvalue weighted by Crippen LogP contribution is 2.23. The Kier molecular flexibility index (Phi) is 5.52. The van der Waals surface area contributed by atoms with E-state index in [1.165, 1.54) is 6.92 Å². The van der Waals surface area contributed by atoms with Crippen molar-refractivity contribution in [2.24, 2.45) is 0 Å². The number of nitrogens with one attached hydrogen (secondary N) is 1. The number of anilines is 2. The average Bonchev–Trinajstić information content (AvgIpc) is 2.56. The summed E-state index contributed by atoms with van der Waals surface area (Å²) < 4.78 is 0. The molecule has 0 saturated heterocycles. The van der Waals surface area contributed by atoms with E-state index < -0.39 is 0 Å². The van der Waals surface area contributed by atoms with Crippen LogP contribution in [0, 0.1) is 0 Å². The Morgan fingerprint density at radius 2 is 1.65 bits per heavy atom. The van der Waals surface area contributed by atoms with E-state index in [0.29, 0.717) is 0 Å². The largest absolute Gasteiger partial charge is 0.326 e. The van der Waals surface area contributed by atoms with E-state index in [1.807, 2.05) is 61.5 Å². The maximum atomic E-state index is 12.5. The fourth-order valence-corrected chi connectivity index (χ4v) is 2.44. The van der Waals surface area contributed by atoms with E-state index in [2.05, 4.69) is 5.32 Å². The van der Waals surface area contributed by atoms with Crippen molar-refractivity contribution in [1.82, 2.24) is 0 Å². The molecule has 0 fully saturated rings. The molecule has 0 heterocycles. The first-order valence-electron chi connectivity index (χ1n) is 7.73. The second-order valence-corrected chi connectivity index (χ2v) is 5.49. The standard InChI is InChI=1S/C19H22N2O2/c1-4-18(15-8-6-5-7-9-15)19(23)20-16-10-12-17(13-11-16)21(3)14(2)22/h5-13,18H,4H2,1-3H3,(H,20,23)/t18-/m0/s1. The Labute approximate surface area is 137 Å². The second-order valence-electron chi connectivity index (χ2n) is 5.49. The fourth-order valence-electron chi connectivity index (χ4n) is 2.44. The van der Waals surface area contributed by atoms with Crippen molar-refractivity contribution in [1.29, 1.82) is 0 Å². The molecule has 1 N–H and O–H groups in total. The molecule has 0 aliphatic heterocycles. The molecule has 120 valence electrons. The Hall–Kier alpha value is -2.62. The van der Waals surface area contributed by atoms with E-state index in [0.717, 1.165) is 23.4 Å². The van der Waals surface area contributed by atoms with Gasteiger partial charge in [-0.2, -0.15) is 0 Å². The molecule has 0 aliphatic rings. The molecule has 0 spiro atoms. The topological polar surface area (TPSA) is 49.4 Å². The van der Waals surface area contributed by atoms with Crippen LogP contribution in [-0.2, 0) is 9.59 Å². The summed E-state index contributed by atoms with van der Waals surface area (Å²) in [5.41, 5.74) is 2.54. The lowest BCUT2D eigenvalue weighted by atomic mass is 9.95. The van der Waals surface area contributed by atoms with Gasteiger partial charge in [0, 0.05) is 25.3 Å². The summed E-state index contributed by atoms with van der Waals surface area (Å²) in [6.07, 6.45) is 0.737. The first kappa shape index (κ1) is 16.7. The van der Waals surface area contributed by atoms with Gasteiger partial charge in [0.1, 0.15) is 0 Å². The van der Waals surface area contributed by atoms with Gasteiger partial charge in [-0.15, -0.1) is 0 Å². The number of hydrogen-bond acceptors (Lipinski definition) is 2. The van der Waals surface area contributed by atoms with Gasteiger partial charge in [0.25, 0.3) is 0 Å². The lowest BCUT2D eigenvalue weighted by Crippen LogP contribution is -2.23. The highest BCUT2D eigenvalue weighted by Gasteiger charge is 2.18. The second kappa shape index (κ2) is 7.58. The van der Waals surface area contributed by atoms with E-state index in [-0.39, 0.29) is 17.7 Å². The number of amides is 2. The van der Waals surface area contributed by atoms with Gasteiger partial charge >= 0.3 is 0 Å². The molecule has 2 rings (SSSR count). The number of carbonyl (C=O) groups excluding carboxylic acids is 2. The summed E-state index contributed by atoms with van der Waals surface area (Å²) in [6.45, 7) is 3.52. The normalized spacial score (nSPS) is 11.6. The number of rotatable bonds is 5. The summed E-state index contributed by atoms with van der Waals surface area (Å²) in [6, 6.07) is 17.0. The van der Waals surface area contributed by atoms with Crippen LogP contribution in [0.5, 0.6) is 0 Å². The van der Waals surface area contributed by atoms with Crippen molar-refractivity contribution >= 4 is 23.2 Å². The molecule has 0 radical (unpaired) electrons. The molecule has 2 aromatic carbocycles. The number of hydrogen-bond donors (Lipinski definition) is 1. The zero-order chi connectivity index (χ0) is 16.8. The SMILES string of the molecule is CC[C@H](C(=O)Nc1ccc(N(C)C(C)=O)cc1)c1ccccc1. The lowest BCUT2D eigenvalue weighted by Gasteiger charge is -2.17. The maximum absolute atomic E-state index is 12.5. The fraction of sp³-hybridized carbons (Fsp3) is 0.263. The third-order valence-corrected chi connectivity index (χ3v) is 3.92. The first-order chi connectivity index (χ1) is 11.0. The highest BCUT2D eigenvalue weighted by atomic mass is 16.2. The van der Waals surface area contributed by atoms with Gasteiger partial charge < -0.3 is 10.2 Å². The molecule has 2 aromatic rings. The highest BCUT2D eigenvalue weighted by molar-refractivity contribution is 5.96. The molecular formula is C19H22N2O2. The van der Waals surface area contributed by atoms with Gasteiger partial charge in [0.2, 0.25) is 11.8 Å². The van der Waals surface area contributed by atoms with Gasteiger partial charge in [-0.25, -0.2) is 0 Å².